The van der Waals surface area contributed by atoms with Crippen molar-refractivity contribution in [2.24, 2.45) is 5.73 Å². The van der Waals surface area contributed by atoms with Gasteiger partial charge in [-0.3, -0.25) is 4.79 Å². The molecule has 3 rings (SSSR count). The number of primary amides is 1. The lowest BCUT2D eigenvalue weighted by Gasteiger charge is -2.06. The van der Waals surface area contributed by atoms with Crippen LogP contribution in [-0.2, 0) is 15.8 Å². The Bertz CT molecular complexity index is 1100. The van der Waals surface area contributed by atoms with Gasteiger partial charge in [0.15, 0.2) is 0 Å². The monoisotopic (exact) mass is 423 g/mol. The number of benzene rings is 2. The Labute approximate surface area is 164 Å². The molecule has 2 aromatic carbocycles. The summed E-state index contributed by atoms with van der Waals surface area (Å²) in [5.74, 6) is -0.506. The fraction of sp³-hybridized carbons (Fsp3) is 0.0625. The minimum absolute atomic E-state index is 0.0621. The van der Waals surface area contributed by atoms with E-state index in [1.165, 1.54) is 36.0 Å². The molecule has 0 saturated carbocycles. The van der Waals surface area contributed by atoms with Crippen LogP contribution < -0.4 is 11.5 Å². The molecule has 0 saturated heterocycles. The molecular formula is C16H14ClN5O3S2. The van der Waals surface area contributed by atoms with Gasteiger partial charge >= 0.3 is 0 Å². The zero-order valence-electron chi connectivity index (χ0n) is 13.7. The Morgan fingerprint density at radius 2 is 1.89 bits per heavy atom. The summed E-state index contributed by atoms with van der Waals surface area (Å²) in [6, 6.07) is 12.5. The number of nitrogens with zero attached hydrogens (tertiary/aromatic N) is 3. The summed E-state index contributed by atoms with van der Waals surface area (Å²) in [4.78, 5) is 15.1. The van der Waals surface area contributed by atoms with Crippen LogP contribution in [0.2, 0.25) is 5.02 Å². The third-order valence-electron chi connectivity index (χ3n) is 3.51. The fourth-order valence-corrected chi connectivity index (χ4v) is 4.33. The SMILES string of the molecule is NC(=O)c1cccc(S(=O)(=O)n2nc(SCc3ccc(Cl)cc3)nc2N)c1. The molecule has 0 aliphatic heterocycles. The minimum atomic E-state index is -4.11. The highest BCUT2D eigenvalue weighted by Gasteiger charge is 2.23. The molecule has 27 heavy (non-hydrogen) atoms. The molecule has 3 aromatic rings. The van der Waals surface area contributed by atoms with E-state index in [9.17, 15) is 13.2 Å². The average molecular weight is 424 g/mol. The first-order valence-electron chi connectivity index (χ1n) is 7.52. The summed E-state index contributed by atoms with van der Waals surface area (Å²) >= 11 is 7.07. The van der Waals surface area contributed by atoms with Crippen LogP contribution in [0.15, 0.2) is 58.6 Å². The van der Waals surface area contributed by atoms with Gasteiger partial charge in [0.1, 0.15) is 0 Å². The normalized spacial score (nSPS) is 11.4. The molecule has 0 atom stereocenters. The smallest absolute Gasteiger partial charge is 0.286 e. The molecule has 1 amide bonds. The quantitative estimate of drug-likeness (QED) is 0.580. The number of hydrogen-bond acceptors (Lipinski definition) is 7. The molecule has 0 aliphatic carbocycles. The van der Waals surface area contributed by atoms with Gasteiger partial charge in [0, 0.05) is 16.3 Å². The molecule has 11 heteroatoms. The van der Waals surface area contributed by atoms with Crippen molar-refractivity contribution in [3.63, 3.8) is 0 Å². The molecule has 0 unspecified atom stereocenters. The van der Waals surface area contributed by atoms with E-state index in [-0.39, 0.29) is 21.6 Å². The number of carbonyl (C=O) groups is 1. The zero-order valence-corrected chi connectivity index (χ0v) is 16.1. The lowest BCUT2D eigenvalue weighted by Crippen LogP contribution is -2.18. The standard InChI is InChI=1S/C16H14ClN5O3S2/c17-12-6-4-10(5-7-12)9-26-16-20-15(19)22(21-16)27(24,25)13-3-1-2-11(8-13)14(18)23/h1-8H,9H2,(H2,18,23)(H2,19,20,21). The van der Waals surface area contributed by atoms with Crippen molar-refractivity contribution >= 4 is 45.2 Å². The zero-order chi connectivity index (χ0) is 19.6. The van der Waals surface area contributed by atoms with E-state index in [4.69, 9.17) is 23.1 Å². The number of amides is 1. The number of nitrogen functional groups attached to an aromatic ring is 1. The van der Waals surface area contributed by atoms with Gasteiger partial charge in [0.05, 0.1) is 4.90 Å². The second kappa shape index (κ2) is 7.59. The van der Waals surface area contributed by atoms with Gasteiger partial charge in [-0.1, -0.05) is 41.6 Å². The van der Waals surface area contributed by atoms with Gasteiger partial charge in [-0.2, -0.15) is 13.4 Å². The third kappa shape index (κ3) is 4.24. The fourth-order valence-electron chi connectivity index (χ4n) is 2.17. The molecule has 1 aromatic heterocycles. The van der Waals surface area contributed by atoms with Crippen LogP contribution in [0, 0.1) is 0 Å². The molecule has 0 aliphatic rings. The first-order valence-corrected chi connectivity index (χ1v) is 10.3. The number of anilines is 1. The molecule has 0 bridgehead atoms. The van der Waals surface area contributed by atoms with Crippen molar-refractivity contribution in [2.45, 2.75) is 15.8 Å². The second-order valence-electron chi connectivity index (χ2n) is 5.41. The van der Waals surface area contributed by atoms with E-state index < -0.39 is 15.9 Å². The Kier molecular flexibility index (Phi) is 5.40. The van der Waals surface area contributed by atoms with Crippen LogP contribution in [0.1, 0.15) is 15.9 Å². The van der Waals surface area contributed by atoms with E-state index >= 15 is 0 Å². The van der Waals surface area contributed by atoms with Gasteiger partial charge in [-0.15, -0.1) is 9.19 Å². The predicted molar refractivity (Wildman–Crippen MR) is 103 cm³/mol. The lowest BCUT2D eigenvalue weighted by atomic mass is 10.2. The van der Waals surface area contributed by atoms with E-state index in [0.717, 1.165) is 5.56 Å². The van der Waals surface area contributed by atoms with E-state index in [0.29, 0.717) is 14.9 Å². The third-order valence-corrected chi connectivity index (χ3v) is 6.24. The van der Waals surface area contributed by atoms with Crippen molar-refractivity contribution in [1.29, 1.82) is 0 Å². The van der Waals surface area contributed by atoms with Crippen LogP contribution in [0.25, 0.3) is 0 Å². The summed E-state index contributed by atoms with van der Waals surface area (Å²) in [6.07, 6.45) is 0. The van der Waals surface area contributed by atoms with Crippen LogP contribution in [0.3, 0.4) is 0 Å². The summed E-state index contributed by atoms with van der Waals surface area (Å²) in [5.41, 5.74) is 12.0. The first-order chi connectivity index (χ1) is 12.8. The topological polar surface area (TPSA) is 134 Å². The van der Waals surface area contributed by atoms with E-state index in [1.54, 1.807) is 12.1 Å². The van der Waals surface area contributed by atoms with Crippen LogP contribution in [0.5, 0.6) is 0 Å². The van der Waals surface area contributed by atoms with Crippen LogP contribution >= 0.6 is 23.4 Å². The van der Waals surface area contributed by atoms with Crippen molar-refractivity contribution in [1.82, 2.24) is 14.2 Å². The number of thioether (sulfide) groups is 1. The number of hydrogen-bond donors (Lipinski definition) is 2. The predicted octanol–water partition coefficient (Wildman–Crippen LogP) is 2.14. The Morgan fingerprint density at radius 1 is 1.19 bits per heavy atom. The molecule has 140 valence electrons. The number of aromatic nitrogens is 3. The maximum absolute atomic E-state index is 12.8. The van der Waals surface area contributed by atoms with Gasteiger partial charge in [0.2, 0.25) is 17.0 Å². The molecular weight excluding hydrogens is 410 g/mol. The minimum Gasteiger partial charge on any atom is -0.367 e. The number of nitrogens with two attached hydrogens (primary N) is 2. The van der Waals surface area contributed by atoms with Crippen molar-refractivity contribution < 1.29 is 13.2 Å². The highest BCUT2D eigenvalue weighted by atomic mass is 35.5. The highest BCUT2D eigenvalue weighted by Crippen LogP contribution is 2.24. The van der Waals surface area contributed by atoms with Gasteiger partial charge in [0.25, 0.3) is 10.0 Å². The molecule has 0 radical (unpaired) electrons. The average Bonchev–Trinajstić information content (AvgIpc) is 3.03. The Morgan fingerprint density at radius 3 is 2.56 bits per heavy atom. The molecule has 4 N–H and O–H groups in total. The first kappa shape index (κ1) is 19.2. The van der Waals surface area contributed by atoms with Gasteiger partial charge in [-0.05, 0) is 35.9 Å². The summed E-state index contributed by atoms with van der Waals surface area (Å²) in [7, 11) is -4.11. The molecule has 0 spiro atoms. The van der Waals surface area contributed by atoms with Crippen LogP contribution in [-0.4, -0.2) is 28.5 Å². The van der Waals surface area contributed by atoms with Crippen LogP contribution in [0.4, 0.5) is 5.95 Å². The maximum Gasteiger partial charge on any atom is 0.286 e. The number of carbonyl (C=O) groups excluding carboxylic acids is 1. The van der Waals surface area contributed by atoms with Crippen molar-refractivity contribution in [2.75, 3.05) is 5.73 Å². The van der Waals surface area contributed by atoms with E-state index in [1.807, 2.05) is 12.1 Å². The van der Waals surface area contributed by atoms with E-state index in [2.05, 4.69) is 10.1 Å². The molecule has 1 heterocycles. The van der Waals surface area contributed by atoms with Gasteiger partial charge in [-0.25, -0.2) is 0 Å². The Balaban J connectivity index is 1.85. The lowest BCUT2D eigenvalue weighted by molar-refractivity contribution is 0.1000. The van der Waals surface area contributed by atoms with Crippen molar-refractivity contribution in [3.05, 3.63) is 64.7 Å². The maximum atomic E-state index is 12.8. The summed E-state index contributed by atoms with van der Waals surface area (Å²) in [5, 5.41) is 4.81. The van der Waals surface area contributed by atoms with Crippen molar-refractivity contribution in [3.8, 4) is 0 Å². The van der Waals surface area contributed by atoms with Gasteiger partial charge < -0.3 is 11.5 Å². The summed E-state index contributed by atoms with van der Waals surface area (Å²) in [6.45, 7) is 0. The Hall–Kier alpha value is -2.56. The largest absolute Gasteiger partial charge is 0.367 e. The second-order valence-corrected chi connectivity index (χ2v) is 8.55. The highest BCUT2D eigenvalue weighted by molar-refractivity contribution is 7.98. The molecule has 8 nitrogen and oxygen atoms in total. The summed E-state index contributed by atoms with van der Waals surface area (Å²) < 4.78 is 26.2. The number of halogens is 1. The molecule has 0 fully saturated rings. The number of rotatable bonds is 6.